The van der Waals surface area contributed by atoms with Crippen molar-refractivity contribution in [3.8, 4) is 0 Å². The van der Waals surface area contributed by atoms with Crippen molar-refractivity contribution in [2.24, 2.45) is 0 Å². The van der Waals surface area contributed by atoms with Gasteiger partial charge in [-0.1, -0.05) is 17.7 Å². The van der Waals surface area contributed by atoms with Crippen LogP contribution in [0.4, 0.5) is 0 Å². The van der Waals surface area contributed by atoms with E-state index in [0.29, 0.717) is 17.5 Å². The van der Waals surface area contributed by atoms with Gasteiger partial charge in [0.25, 0.3) is 6.20 Å². The summed E-state index contributed by atoms with van der Waals surface area (Å²) in [6.45, 7) is 4.35. The minimum Gasteiger partial charge on any atom is -0.367 e. The molecule has 0 amide bonds. The Kier molecular flexibility index (Phi) is 5.38. The van der Waals surface area contributed by atoms with Gasteiger partial charge in [0.15, 0.2) is 5.82 Å². The molecule has 0 aliphatic heterocycles. The highest BCUT2D eigenvalue weighted by molar-refractivity contribution is 6.29. The van der Waals surface area contributed by atoms with Crippen LogP contribution in [-0.2, 0) is 0 Å². The fourth-order valence-electron chi connectivity index (χ4n) is 1.39. The lowest BCUT2D eigenvalue weighted by molar-refractivity contribution is -0.404. The Morgan fingerprint density at radius 3 is 2.89 bits per heavy atom. The maximum Gasteiger partial charge on any atom is 0.274 e. The van der Waals surface area contributed by atoms with Gasteiger partial charge in [0.2, 0.25) is 0 Å². The van der Waals surface area contributed by atoms with Gasteiger partial charge < -0.3 is 10.6 Å². The lowest BCUT2D eigenvalue weighted by Gasteiger charge is -2.17. The molecule has 1 heterocycles. The molecule has 0 aliphatic carbocycles. The van der Waals surface area contributed by atoms with E-state index in [1.54, 1.807) is 12.3 Å². The maximum absolute atomic E-state index is 10.5. The van der Waals surface area contributed by atoms with E-state index in [9.17, 15) is 10.1 Å². The number of aromatic nitrogens is 1. The highest BCUT2D eigenvalue weighted by Gasteiger charge is 2.09. The number of rotatable bonds is 6. The van der Waals surface area contributed by atoms with E-state index in [0.717, 1.165) is 11.8 Å². The van der Waals surface area contributed by atoms with Gasteiger partial charge in [-0.3, -0.25) is 10.1 Å². The molecule has 0 bridgehead atoms. The summed E-state index contributed by atoms with van der Waals surface area (Å²) in [5.41, 5.74) is 0.895. The number of hydrogen-bond donors (Lipinski definition) is 2. The minimum atomic E-state index is -0.502. The van der Waals surface area contributed by atoms with E-state index >= 15 is 0 Å². The van der Waals surface area contributed by atoms with Crippen molar-refractivity contribution in [2.75, 3.05) is 6.54 Å². The monoisotopic (exact) mass is 270 g/mol. The molecule has 0 aliphatic rings. The molecule has 0 spiro atoms. The van der Waals surface area contributed by atoms with Crippen LogP contribution in [0.15, 0.2) is 30.4 Å². The van der Waals surface area contributed by atoms with Crippen LogP contribution < -0.4 is 10.6 Å². The third kappa shape index (κ3) is 4.58. The molecule has 0 radical (unpaired) electrons. The Bertz CT molecular complexity index is 433. The average molecular weight is 271 g/mol. The number of nitrogens with one attached hydrogen (secondary N) is 2. The lowest BCUT2D eigenvalue weighted by Crippen LogP contribution is -2.29. The van der Waals surface area contributed by atoms with Crippen LogP contribution in [0, 0.1) is 10.1 Å². The van der Waals surface area contributed by atoms with Crippen LogP contribution in [-0.4, -0.2) is 16.5 Å². The predicted molar refractivity (Wildman–Crippen MR) is 69.6 cm³/mol. The molecule has 0 fully saturated rings. The van der Waals surface area contributed by atoms with Gasteiger partial charge in [0.05, 0.1) is 11.0 Å². The van der Waals surface area contributed by atoms with Crippen molar-refractivity contribution in [1.29, 1.82) is 0 Å². The van der Waals surface area contributed by atoms with Crippen LogP contribution in [0.1, 0.15) is 25.5 Å². The van der Waals surface area contributed by atoms with E-state index < -0.39 is 4.92 Å². The highest BCUT2D eigenvalue weighted by atomic mass is 35.5. The van der Waals surface area contributed by atoms with Crippen molar-refractivity contribution in [1.82, 2.24) is 15.6 Å². The fraction of sp³-hybridized carbons (Fsp3) is 0.364. The molecule has 7 heteroatoms. The Morgan fingerprint density at radius 1 is 1.67 bits per heavy atom. The SMILES string of the molecule is CCNC(=C[N+](=O)[O-])NC(C)c1ccc(Cl)nc1. The number of hydrogen-bond acceptors (Lipinski definition) is 5. The van der Waals surface area contributed by atoms with Crippen molar-refractivity contribution >= 4 is 11.6 Å². The fourth-order valence-corrected chi connectivity index (χ4v) is 1.50. The number of nitro groups is 1. The standard InChI is InChI=1S/C11H15ClN4O2/c1-3-13-11(7-16(17)18)15-8(2)9-4-5-10(12)14-6-9/h4-8,13,15H,3H2,1-2H3. The quantitative estimate of drug-likeness (QED) is 0.470. The van der Waals surface area contributed by atoms with Gasteiger partial charge in [-0.25, -0.2) is 4.98 Å². The predicted octanol–water partition coefficient (Wildman–Crippen LogP) is 2.07. The Hall–Kier alpha value is -1.82. The molecule has 1 rings (SSSR count). The zero-order valence-corrected chi connectivity index (χ0v) is 10.9. The van der Waals surface area contributed by atoms with Crippen LogP contribution in [0.5, 0.6) is 0 Å². The first kappa shape index (κ1) is 14.2. The van der Waals surface area contributed by atoms with E-state index in [1.165, 1.54) is 0 Å². The van der Waals surface area contributed by atoms with Crippen LogP contribution in [0.25, 0.3) is 0 Å². The van der Waals surface area contributed by atoms with E-state index in [2.05, 4.69) is 15.6 Å². The van der Waals surface area contributed by atoms with Crippen molar-refractivity contribution in [3.63, 3.8) is 0 Å². The molecular weight excluding hydrogens is 256 g/mol. The van der Waals surface area contributed by atoms with Gasteiger partial charge in [0, 0.05) is 12.7 Å². The first-order valence-electron chi connectivity index (χ1n) is 5.50. The number of halogens is 1. The molecule has 2 N–H and O–H groups in total. The molecule has 1 atom stereocenters. The molecular formula is C11H15ClN4O2. The van der Waals surface area contributed by atoms with Crippen LogP contribution in [0.2, 0.25) is 5.15 Å². The summed E-state index contributed by atoms with van der Waals surface area (Å²) in [5.74, 6) is 0.366. The Labute approximate surface area is 110 Å². The minimum absolute atomic E-state index is 0.111. The first-order chi connectivity index (χ1) is 8.52. The second kappa shape index (κ2) is 6.80. The molecule has 0 saturated carbocycles. The van der Waals surface area contributed by atoms with Crippen LogP contribution >= 0.6 is 11.6 Å². The molecule has 1 aromatic rings. The Morgan fingerprint density at radius 2 is 2.39 bits per heavy atom. The van der Waals surface area contributed by atoms with Gasteiger partial charge in [0.1, 0.15) is 5.15 Å². The summed E-state index contributed by atoms with van der Waals surface area (Å²) in [5, 5.41) is 16.8. The zero-order chi connectivity index (χ0) is 13.5. The van der Waals surface area contributed by atoms with Crippen molar-refractivity contribution in [3.05, 3.63) is 51.2 Å². The molecule has 1 unspecified atom stereocenters. The van der Waals surface area contributed by atoms with Gasteiger partial charge in [-0.2, -0.15) is 0 Å². The summed E-state index contributed by atoms with van der Waals surface area (Å²) in [6.07, 6.45) is 2.54. The van der Waals surface area contributed by atoms with Crippen molar-refractivity contribution in [2.45, 2.75) is 19.9 Å². The third-order valence-corrected chi connectivity index (χ3v) is 2.45. The smallest absolute Gasteiger partial charge is 0.274 e. The molecule has 0 saturated heterocycles. The largest absolute Gasteiger partial charge is 0.367 e. The second-order valence-corrected chi connectivity index (χ2v) is 4.03. The summed E-state index contributed by atoms with van der Waals surface area (Å²) in [6, 6.07) is 3.39. The topological polar surface area (TPSA) is 80.1 Å². The molecule has 1 aromatic heterocycles. The Balaban J connectivity index is 2.74. The van der Waals surface area contributed by atoms with Gasteiger partial charge in [-0.05, 0) is 25.5 Å². The molecule has 98 valence electrons. The summed E-state index contributed by atoms with van der Waals surface area (Å²) < 4.78 is 0. The lowest BCUT2D eigenvalue weighted by atomic mass is 10.1. The number of nitrogens with zero attached hydrogens (tertiary/aromatic N) is 2. The first-order valence-corrected chi connectivity index (χ1v) is 5.88. The number of pyridine rings is 1. The van der Waals surface area contributed by atoms with Gasteiger partial charge in [-0.15, -0.1) is 0 Å². The molecule has 6 nitrogen and oxygen atoms in total. The third-order valence-electron chi connectivity index (χ3n) is 2.22. The zero-order valence-electron chi connectivity index (χ0n) is 10.2. The summed E-state index contributed by atoms with van der Waals surface area (Å²) in [7, 11) is 0. The average Bonchev–Trinajstić information content (AvgIpc) is 2.29. The van der Waals surface area contributed by atoms with E-state index in [4.69, 9.17) is 11.6 Å². The summed E-state index contributed by atoms with van der Waals surface area (Å²) in [4.78, 5) is 13.9. The second-order valence-electron chi connectivity index (χ2n) is 3.64. The van der Waals surface area contributed by atoms with E-state index in [1.807, 2.05) is 19.9 Å². The summed E-state index contributed by atoms with van der Waals surface area (Å²) >= 11 is 5.70. The maximum atomic E-state index is 10.5. The molecule has 0 aromatic carbocycles. The normalized spacial score (nSPS) is 12.9. The van der Waals surface area contributed by atoms with Crippen molar-refractivity contribution < 1.29 is 4.92 Å². The highest BCUT2D eigenvalue weighted by Crippen LogP contribution is 2.14. The van der Waals surface area contributed by atoms with Gasteiger partial charge >= 0.3 is 0 Å². The molecule has 18 heavy (non-hydrogen) atoms. The van der Waals surface area contributed by atoms with Crippen LogP contribution in [0.3, 0.4) is 0 Å². The van der Waals surface area contributed by atoms with E-state index in [-0.39, 0.29) is 6.04 Å².